The number of halogens is 17. The SMILES string of the molecule is O=S(=O)([O-])c1ccc(O/C(F)=C(\F)C(F)(F)C(F)(F)C(F)(F)C(F)(F)C(F)(F)C(F)(F)C(F)(F)F)cc1.[K+]. The Hall–Kier alpha value is -0.884. The molecule has 0 aromatic heterocycles. The topological polar surface area (TPSA) is 66.4 Å². The zero-order valence-electron chi connectivity index (χ0n) is 17.3. The van der Waals surface area contributed by atoms with Crippen molar-refractivity contribution in [1.29, 1.82) is 0 Å². The molecule has 1 aromatic rings. The van der Waals surface area contributed by atoms with Gasteiger partial charge in [0.15, 0.2) is 0 Å². The van der Waals surface area contributed by atoms with Crippen molar-refractivity contribution < 1.29 is 144 Å². The summed E-state index contributed by atoms with van der Waals surface area (Å²) in [5, 5.41) is 0. The number of alkyl halides is 15. The molecule has 23 heteroatoms. The molecule has 0 unspecified atom stereocenters. The second-order valence-electron chi connectivity index (χ2n) is 6.56. The predicted molar refractivity (Wildman–Crippen MR) is 80.0 cm³/mol. The summed E-state index contributed by atoms with van der Waals surface area (Å²) in [5.74, 6) is -56.2. The van der Waals surface area contributed by atoms with E-state index in [9.17, 15) is 87.6 Å². The minimum Gasteiger partial charge on any atom is -0.744 e. The summed E-state index contributed by atoms with van der Waals surface area (Å²) in [6.07, 6.45) is -7.83. The molecule has 214 valence electrons. The Morgan fingerprint density at radius 2 is 0.974 bits per heavy atom. The number of hydrogen-bond acceptors (Lipinski definition) is 4. The predicted octanol–water partition coefficient (Wildman–Crippen LogP) is 3.46. The maximum atomic E-state index is 13.6. The number of allylic oxidation sites excluding steroid dienone is 1. The summed E-state index contributed by atoms with van der Waals surface area (Å²) in [6.45, 7) is 0. The third kappa shape index (κ3) is 5.92. The van der Waals surface area contributed by atoms with Gasteiger partial charge in [-0.05, 0) is 24.3 Å². The van der Waals surface area contributed by atoms with Gasteiger partial charge in [0.2, 0.25) is 5.83 Å². The Morgan fingerprint density at radius 3 is 1.32 bits per heavy atom. The van der Waals surface area contributed by atoms with Gasteiger partial charge in [-0.2, -0.15) is 74.6 Å². The van der Waals surface area contributed by atoms with E-state index in [2.05, 4.69) is 4.74 Å². The Bertz CT molecular complexity index is 1140. The molecule has 38 heavy (non-hydrogen) atoms. The van der Waals surface area contributed by atoms with Crippen molar-refractivity contribution in [2.75, 3.05) is 0 Å². The van der Waals surface area contributed by atoms with Crippen molar-refractivity contribution >= 4 is 10.1 Å². The number of benzene rings is 1. The van der Waals surface area contributed by atoms with Gasteiger partial charge in [-0.1, -0.05) is 0 Å². The molecule has 0 aliphatic heterocycles. The van der Waals surface area contributed by atoms with Gasteiger partial charge in [0, 0.05) is 0 Å². The standard InChI is InChI=1S/C15H5F17O4S.K/c16-7(8(17)36-5-1-3-6(4-2-5)37(33,34)35)9(18,19)10(20,21)11(22,23)12(24,25)13(26,27)14(28,29)15(30,31)32;/h1-4H,(H,33,34,35);/q;+1/p-1/b8-7-;. The molecular formula is C15H4F17KO4S. The van der Waals surface area contributed by atoms with E-state index in [1.165, 1.54) is 0 Å². The Morgan fingerprint density at radius 1 is 0.632 bits per heavy atom. The van der Waals surface area contributed by atoms with E-state index in [0.29, 0.717) is 0 Å². The van der Waals surface area contributed by atoms with Crippen LogP contribution in [0.15, 0.2) is 41.0 Å². The molecule has 0 saturated heterocycles. The molecule has 0 radical (unpaired) electrons. The zero-order chi connectivity index (χ0) is 29.8. The maximum absolute atomic E-state index is 13.6. The van der Waals surface area contributed by atoms with Crippen molar-refractivity contribution in [1.82, 2.24) is 0 Å². The fourth-order valence-electron chi connectivity index (χ4n) is 2.05. The maximum Gasteiger partial charge on any atom is 1.00 e. The third-order valence-electron chi connectivity index (χ3n) is 4.10. The number of ether oxygens (including phenoxy) is 1. The monoisotopic (exact) mass is 642 g/mol. The third-order valence-corrected chi connectivity index (χ3v) is 4.95. The first-order chi connectivity index (χ1) is 16.0. The fraction of sp³-hybridized carbons (Fsp3) is 0.467. The molecule has 0 heterocycles. The summed E-state index contributed by atoms with van der Waals surface area (Å²) < 4.78 is 258. The van der Waals surface area contributed by atoms with Crippen LogP contribution in [0.5, 0.6) is 5.75 Å². The zero-order valence-corrected chi connectivity index (χ0v) is 21.2. The van der Waals surface area contributed by atoms with E-state index in [1.54, 1.807) is 0 Å². The average Bonchev–Trinajstić information content (AvgIpc) is 2.71. The van der Waals surface area contributed by atoms with Crippen molar-refractivity contribution in [2.45, 2.75) is 46.6 Å². The molecule has 0 aliphatic carbocycles. The quantitative estimate of drug-likeness (QED) is 0.179. The van der Waals surface area contributed by atoms with Crippen LogP contribution < -0.4 is 56.1 Å². The normalized spacial score (nSPS) is 15.5. The fourth-order valence-corrected chi connectivity index (χ4v) is 2.52. The molecule has 0 N–H and O–H groups in total. The molecular weight excluding hydrogens is 638 g/mol. The molecule has 0 saturated carbocycles. The van der Waals surface area contributed by atoms with E-state index >= 15 is 0 Å². The first kappa shape index (κ1) is 37.1. The van der Waals surface area contributed by atoms with Gasteiger partial charge in [0.25, 0.3) is 0 Å². The van der Waals surface area contributed by atoms with Gasteiger partial charge < -0.3 is 9.29 Å². The second-order valence-corrected chi connectivity index (χ2v) is 7.94. The Kier molecular flexibility index (Phi) is 10.6. The molecule has 0 spiro atoms. The van der Waals surface area contributed by atoms with Gasteiger partial charge in [0.1, 0.15) is 15.9 Å². The van der Waals surface area contributed by atoms with Crippen LogP contribution in [0, 0.1) is 0 Å². The average molecular weight is 642 g/mol. The van der Waals surface area contributed by atoms with E-state index in [1.807, 2.05) is 0 Å². The minimum atomic E-state index is -8.71. The van der Waals surface area contributed by atoms with Crippen LogP contribution in [0.1, 0.15) is 0 Å². The minimum absolute atomic E-state index is 0. The molecule has 0 aliphatic rings. The summed E-state index contributed by atoms with van der Waals surface area (Å²) in [5.41, 5.74) is 0. The van der Waals surface area contributed by atoms with Gasteiger partial charge in [-0.15, -0.1) is 0 Å². The Balaban J connectivity index is 0.0000137. The summed E-state index contributed by atoms with van der Waals surface area (Å²) in [4.78, 5) is -1.14. The molecule has 4 nitrogen and oxygen atoms in total. The van der Waals surface area contributed by atoms with Crippen LogP contribution in [-0.4, -0.2) is 54.7 Å². The first-order valence-corrected chi connectivity index (χ1v) is 9.55. The first-order valence-electron chi connectivity index (χ1n) is 8.15. The van der Waals surface area contributed by atoms with E-state index in [-0.39, 0.29) is 75.7 Å². The smallest absolute Gasteiger partial charge is 0.744 e. The van der Waals surface area contributed by atoms with Crippen LogP contribution in [-0.2, 0) is 10.1 Å². The molecule has 0 atom stereocenters. The van der Waals surface area contributed by atoms with Gasteiger partial charge in [-0.25, -0.2) is 8.42 Å². The van der Waals surface area contributed by atoms with Gasteiger partial charge in [-0.3, -0.25) is 0 Å². The summed E-state index contributed by atoms with van der Waals surface area (Å²) >= 11 is 0. The second kappa shape index (κ2) is 10.8. The molecule has 0 amide bonds. The molecule has 1 aromatic carbocycles. The van der Waals surface area contributed by atoms with Crippen LogP contribution in [0.25, 0.3) is 0 Å². The largest absolute Gasteiger partial charge is 1.00 e. The van der Waals surface area contributed by atoms with E-state index < -0.39 is 74.3 Å². The summed E-state index contributed by atoms with van der Waals surface area (Å²) in [6, 6.07) is -3.04. The molecule has 0 fully saturated rings. The van der Waals surface area contributed by atoms with Crippen LogP contribution in [0.4, 0.5) is 74.6 Å². The van der Waals surface area contributed by atoms with Crippen LogP contribution >= 0.6 is 0 Å². The van der Waals surface area contributed by atoms with E-state index in [0.717, 1.165) is 0 Å². The van der Waals surface area contributed by atoms with Crippen molar-refractivity contribution in [3.05, 3.63) is 36.1 Å². The van der Waals surface area contributed by atoms with Crippen molar-refractivity contribution in [2.24, 2.45) is 0 Å². The van der Waals surface area contributed by atoms with Crippen LogP contribution in [0.2, 0.25) is 0 Å². The van der Waals surface area contributed by atoms with E-state index in [4.69, 9.17) is 0 Å². The van der Waals surface area contributed by atoms with Crippen molar-refractivity contribution in [3.8, 4) is 5.75 Å². The van der Waals surface area contributed by atoms with Crippen LogP contribution in [0.3, 0.4) is 0 Å². The van der Waals surface area contributed by atoms with Crippen molar-refractivity contribution in [3.63, 3.8) is 0 Å². The van der Waals surface area contributed by atoms with Gasteiger partial charge in [0.05, 0.1) is 4.90 Å². The Labute approximate surface area is 241 Å². The number of hydrogen-bond donors (Lipinski definition) is 0. The number of rotatable bonds is 9. The summed E-state index contributed by atoms with van der Waals surface area (Å²) in [7, 11) is -5.21. The van der Waals surface area contributed by atoms with Gasteiger partial charge >= 0.3 is 99.1 Å². The molecule has 1 rings (SSSR count). The molecule has 0 bridgehead atoms.